The fourth-order valence-electron chi connectivity index (χ4n) is 4.99. The van der Waals surface area contributed by atoms with Crippen molar-refractivity contribution in [3.8, 4) is 11.5 Å². The van der Waals surface area contributed by atoms with Gasteiger partial charge in [-0.05, 0) is 55.3 Å². The first-order valence-electron chi connectivity index (χ1n) is 11.7. The summed E-state index contributed by atoms with van der Waals surface area (Å²) in [6, 6.07) is 14.8. The summed E-state index contributed by atoms with van der Waals surface area (Å²) in [5, 5.41) is 11.1. The van der Waals surface area contributed by atoms with E-state index >= 15 is 0 Å². The smallest absolute Gasteiger partial charge is 0.160 e. The number of nitrogens with zero attached hydrogens (tertiary/aromatic N) is 7. The maximum absolute atomic E-state index is 6.10. The first-order valence-corrected chi connectivity index (χ1v) is 11.7. The number of benzene rings is 1. The molecule has 11 heteroatoms. The molecule has 2 unspecified atom stereocenters. The second-order valence-electron chi connectivity index (χ2n) is 9.04. The lowest BCUT2D eigenvalue weighted by Crippen LogP contribution is -2.44. The van der Waals surface area contributed by atoms with Crippen LogP contribution in [0, 0.1) is 6.92 Å². The zero-order valence-corrected chi connectivity index (χ0v) is 20.3. The predicted molar refractivity (Wildman–Crippen MR) is 140 cm³/mol. The third-order valence-corrected chi connectivity index (χ3v) is 6.74. The molecular formula is C25H24ClN9O. The van der Waals surface area contributed by atoms with E-state index in [9.17, 15) is 0 Å². The number of anilines is 3. The van der Waals surface area contributed by atoms with Crippen LogP contribution in [0.5, 0.6) is 11.5 Å². The number of ether oxygens (including phenoxy) is 1. The van der Waals surface area contributed by atoms with E-state index in [4.69, 9.17) is 9.72 Å². The van der Waals surface area contributed by atoms with Crippen LogP contribution in [0.3, 0.4) is 0 Å². The molecule has 0 radical (unpaired) electrons. The molecule has 1 aromatic carbocycles. The van der Waals surface area contributed by atoms with Crippen LogP contribution >= 0.6 is 12.4 Å². The van der Waals surface area contributed by atoms with Crippen LogP contribution in [0.1, 0.15) is 12.0 Å². The second-order valence-corrected chi connectivity index (χ2v) is 9.04. The van der Waals surface area contributed by atoms with Crippen molar-refractivity contribution in [3.05, 3.63) is 66.9 Å². The highest BCUT2D eigenvalue weighted by atomic mass is 35.5. The first-order chi connectivity index (χ1) is 17.2. The summed E-state index contributed by atoms with van der Waals surface area (Å²) in [5.74, 6) is 3.14. The van der Waals surface area contributed by atoms with Crippen molar-refractivity contribution in [1.82, 2.24) is 34.9 Å². The highest BCUT2D eigenvalue weighted by Crippen LogP contribution is 2.32. The molecule has 2 bridgehead atoms. The van der Waals surface area contributed by atoms with Crippen LogP contribution in [-0.2, 0) is 0 Å². The molecule has 2 atom stereocenters. The molecular weight excluding hydrogens is 478 g/mol. The van der Waals surface area contributed by atoms with Crippen molar-refractivity contribution >= 4 is 46.4 Å². The molecule has 6 heterocycles. The molecule has 2 aliphatic heterocycles. The lowest BCUT2D eigenvalue weighted by Gasteiger charge is -2.28. The third-order valence-electron chi connectivity index (χ3n) is 6.74. The molecule has 5 aromatic rings. The Hall–Kier alpha value is -4.02. The van der Waals surface area contributed by atoms with Gasteiger partial charge in [0.05, 0.1) is 5.52 Å². The van der Waals surface area contributed by atoms with E-state index in [1.54, 1.807) is 10.8 Å². The fourth-order valence-corrected chi connectivity index (χ4v) is 4.99. The van der Waals surface area contributed by atoms with Crippen LogP contribution in [-0.4, -0.2) is 54.7 Å². The number of fused-ring (bicyclic) bond motifs is 4. The van der Waals surface area contributed by atoms with Gasteiger partial charge in [0.1, 0.15) is 35.5 Å². The van der Waals surface area contributed by atoms with Crippen molar-refractivity contribution in [3.63, 3.8) is 0 Å². The average Bonchev–Trinajstić information content (AvgIpc) is 3.63. The Kier molecular flexibility index (Phi) is 5.54. The van der Waals surface area contributed by atoms with Gasteiger partial charge in [-0.3, -0.25) is 0 Å². The summed E-state index contributed by atoms with van der Waals surface area (Å²) < 4.78 is 7.80. The van der Waals surface area contributed by atoms with Crippen LogP contribution in [0.2, 0.25) is 0 Å². The Balaban J connectivity index is 0.00000240. The molecule has 0 saturated carbocycles. The standard InChI is InChI=1S/C25H23N9O.ClH/c1-15-8-16(2-4-21(15)35-19-6-7-34-23(10-19)28-14-30-34)31-25-24-20(27-13-29-25)3-5-22(32-24)33-12-17-9-18(33)11-26-17;/h2-8,10,13-14,17-18,26H,9,11-12H2,1H3,(H,27,29,31);1H. The minimum atomic E-state index is 0. The summed E-state index contributed by atoms with van der Waals surface area (Å²) in [6.07, 6.45) is 6.09. The fraction of sp³-hybridized carbons (Fsp3) is 0.240. The Labute approximate surface area is 213 Å². The van der Waals surface area contributed by atoms with Crippen LogP contribution < -0.4 is 20.3 Å². The zero-order valence-electron chi connectivity index (χ0n) is 19.5. The molecule has 4 aromatic heterocycles. The SMILES string of the molecule is Cc1cc(Nc2ncnc3ccc(N4CC5CC4CN5)nc23)ccc1Oc1ccn2ncnc2c1.Cl. The van der Waals surface area contributed by atoms with E-state index in [-0.39, 0.29) is 12.4 Å². The number of aromatic nitrogens is 6. The molecule has 10 nitrogen and oxygen atoms in total. The Morgan fingerprint density at radius 1 is 1.06 bits per heavy atom. The summed E-state index contributed by atoms with van der Waals surface area (Å²) in [4.78, 5) is 20.5. The van der Waals surface area contributed by atoms with Gasteiger partial charge in [0, 0.05) is 43.1 Å². The molecule has 2 fully saturated rings. The summed E-state index contributed by atoms with van der Waals surface area (Å²) >= 11 is 0. The Morgan fingerprint density at radius 2 is 2.00 bits per heavy atom. The molecule has 7 rings (SSSR count). The van der Waals surface area contributed by atoms with Crippen molar-refractivity contribution in [2.24, 2.45) is 0 Å². The maximum Gasteiger partial charge on any atom is 0.160 e. The number of rotatable bonds is 5. The van der Waals surface area contributed by atoms with Gasteiger partial charge in [-0.1, -0.05) is 0 Å². The van der Waals surface area contributed by atoms with Crippen LogP contribution in [0.4, 0.5) is 17.3 Å². The lowest BCUT2D eigenvalue weighted by molar-refractivity contribution is 0.478. The van der Waals surface area contributed by atoms with Gasteiger partial charge in [-0.2, -0.15) is 5.10 Å². The monoisotopic (exact) mass is 501 g/mol. The molecule has 2 N–H and O–H groups in total. The topological polar surface area (TPSA) is 105 Å². The average molecular weight is 502 g/mol. The van der Waals surface area contributed by atoms with Crippen molar-refractivity contribution in [2.75, 3.05) is 23.3 Å². The van der Waals surface area contributed by atoms with E-state index in [0.717, 1.165) is 52.6 Å². The van der Waals surface area contributed by atoms with Crippen LogP contribution in [0.25, 0.3) is 16.7 Å². The van der Waals surface area contributed by atoms with E-state index in [2.05, 4.69) is 41.7 Å². The molecule has 2 saturated heterocycles. The normalized spacial score (nSPS) is 18.5. The van der Waals surface area contributed by atoms with Gasteiger partial charge >= 0.3 is 0 Å². The summed E-state index contributed by atoms with van der Waals surface area (Å²) in [6.45, 7) is 4.02. The number of halogens is 1. The molecule has 182 valence electrons. The van der Waals surface area contributed by atoms with Crippen molar-refractivity contribution < 1.29 is 4.74 Å². The predicted octanol–water partition coefficient (Wildman–Crippen LogP) is 3.88. The lowest BCUT2D eigenvalue weighted by atomic mass is 10.2. The largest absolute Gasteiger partial charge is 0.457 e. The zero-order chi connectivity index (χ0) is 23.4. The highest BCUT2D eigenvalue weighted by Gasteiger charge is 2.38. The van der Waals surface area contributed by atoms with Crippen molar-refractivity contribution in [1.29, 1.82) is 0 Å². The minimum absolute atomic E-state index is 0. The highest BCUT2D eigenvalue weighted by molar-refractivity contribution is 5.88. The molecule has 36 heavy (non-hydrogen) atoms. The van der Waals surface area contributed by atoms with Gasteiger partial charge in [-0.15, -0.1) is 12.4 Å². The quantitative estimate of drug-likeness (QED) is 0.371. The maximum atomic E-state index is 6.10. The van der Waals surface area contributed by atoms with Gasteiger partial charge in [0.25, 0.3) is 0 Å². The molecule has 0 spiro atoms. The summed E-state index contributed by atoms with van der Waals surface area (Å²) in [5.41, 5.74) is 4.21. The first kappa shape index (κ1) is 22.4. The van der Waals surface area contributed by atoms with E-state index < -0.39 is 0 Å². The third kappa shape index (κ3) is 3.94. The molecule has 0 amide bonds. The Morgan fingerprint density at radius 3 is 2.83 bits per heavy atom. The van der Waals surface area contributed by atoms with E-state index in [1.165, 1.54) is 12.7 Å². The second kappa shape index (κ2) is 8.89. The molecule has 0 aliphatic carbocycles. The minimum Gasteiger partial charge on any atom is -0.457 e. The number of nitrogens with one attached hydrogen (secondary N) is 2. The van der Waals surface area contributed by atoms with Gasteiger partial charge in [0.15, 0.2) is 11.5 Å². The van der Waals surface area contributed by atoms with Crippen molar-refractivity contribution in [2.45, 2.75) is 25.4 Å². The van der Waals surface area contributed by atoms with E-state index in [1.807, 2.05) is 49.5 Å². The molecule has 2 aliphatic rings. The number of piperazine rings is 1. The van der Waals surface area contributed by atoms with Gasteiger partial charge in [0.2, 0.25) is 0 Å². The van der Waals surface area contributed by atoms with Crippen LogP contribution in [0.15, 0.2) is 61.3 Å². The number of hydrogen-bond donors (Lipinski definition) is 2. The van der Waals surface area contributed by atoms with Gasteiger partial charge < -0.3 is 20.3 Å². The number of pyridine rings is 2. The van der Waals surface area contributed by atoms with Gasteiger partial charge in [-0.25, -0.2) is 24.5 Å². The number of hydrogen-bond acceptors (Lipinski definition) is 9. The Bertz CT molecular complexity index is 1570. The number of aryl methyl sites for hydroxylation is 1. The summed E-state index contributed by atoms with van der Waals surface area (Å²) in [7, 11) is 0. The van der Waals surface area contributed by atoms with E-state index in [0.29, 0.717) is 23.7 Å².